The number of hydrogen-bond acceptors (Lipinski definition) is 5. The van der Waals surface area contributed by atoms with Gasteiger partial charge in [0.1, 0.15) is 30.0 Å². The van der Waals surface area contributed by atoms with Crippen molar-refractivity contribution < 1.29 is 31.5 Å². The fraction of sp³-hybridized carbons (Fsp3) is 0.355. The van der Waals surface area contributed by atoms with Crippen LogP contribution in [0.5, 0.6) is 5.75 Å². The quantitative estimate of drug-likeness (QED) is 0.305. The molecule has 0 spiro atoms. The molecule has 0 aliphatic heterocycles. The predicted octanol–water partition coefficient (Wildman–Crippen LogP) is 5.28. The van der Waals surface area contributed by atoms with Crippen molar-refractivity contribution in [2.45, 2.75) is 64.1 Å². The van der Waals surface area contributed by atoms with E-state index in [0.717, 1.165) is 16.4 Å². The van der Waals surface area contributed by atoms with E-state index in [2.05, 4.69) is 5.32 Å². The van der Waals surface area contributed by atoms with Crippen LogP contribution >= 0.6 is 0 Å². The topological polar surface area (TPSA) is 96.0 Å². The van der Waals surface area contributed by atoms with E-state index in [-0.39, 0.29) is 23.5 Å². The summed E-state index contributed by atoms with van der Waals surface area (Å²) >= 11 is 0. The molecule has 1 unspecified atom stereocenters. The molecule has 1 atom stereocenters. The fourth-order valence-electron chi connectivity index (χ4n) is 4.30. The first kappa shape index (κ1) is 32.5. The Kier molecular flexibility index (Phi) is 10.7. The summed E-state index contributed by atoms with van der Waals surface area (Å²) < 4.78 is 61.5. The number of halogens is 2. The molecule has 0 heterocycles. The van der Waals surface area contributed by atoms with Crippen LogP contribution in [0, 0.1) is 11.6 Å². The summed E-state index contributed by atoms with van der Waals surface area (Å²) in [6, 6.07) is 15.0. The number of sulfonamides is 1. The molecule has 2 amide bonds. The number of amides is 2. The van der Waals surface area contributed by atoms with Crippen LogP contribution in [0.3, 0.4) is 0 Å². The van der Waals surface area contributed by atoms with Gasteiger partial charge in [-0.25, -0.2) is 17.2 Å². The number of hydrogen-bond donors (Lipinski definition) is 1. The van der Waals surface area contributed by atoms with Gasteiger partial charge in [0.25, 0.3) is 10.0 Å². The van der Waals surface area contributed by atoms with Gasteiger partial charge in [-0.1, -0.05) is 19.1 Å². The van der Waals surface area contributed by atoms with Crippen LogP contribution in [0.25, 0.3) is 0 Å². The van der Waals surface area contributed by atoms with Gasteiger partial charge in [0.05, 0.1) is 17.2 Å². The number of benzene rings is 3. The monoisotopic (exact) mass is 601 g/mol. The van der Waals surface area contributed by atoms with Crippen molar-refractivity contribution in [3.63, 3.8) is 0 Å². The van der Waals surface area contributed by atoms with Gasteiger partial charge in [-0.3, -0.25) is 13.9 Å². The lowest BCUT2D eigenvalue weighted by Gasteiger charge is -2.34. The lowest BCUT2D eigenvalue weighted by molar-refractivity contribution is -0.141. The van der Waals surface area contributed by atoms with E-state index >= 15 is 0 Å². The van der Waals surface area contributed by atoms with Gasteiger partial charge in [-0.05, 0) is 100 Å². The van der Waals surface area contributed by atoms with Gasteiger partial charge in [0.2, 0.25) is 11.8 Å². The molecule has 3 aromatic rings. The summed E-state index contributed by atoms with van der Waals surface area (Å²) in [5.41, 5.74) is 0.0219. The lowest BCUT2D eigenvalue weighted by atomic mass is 10.1. The Labute approximate surface area is 246 Å². The summed E-state index contributed by atoms with van der Waals surface area (Å²) in [7, 11) is -4.33. The Morgan fingerprint density at radius 1 is 0.881 bits per heavy atom. The summed E-state index contributed by atoms with van der Waals surface area (Å²) in [6.07, 6.45) is 0.233. The Balaban J connectivity index is 2.05. The second-order valence-corrected chi connectivity index (χ2v) is 12.6. The van der Waals surface area contributed by atoms with Crippen LogP contribution in [0.15, 0.2) is 77.7 Å². The van der Waals surface area contributed by atoms with Crippen molar-refractivity contribution in [1.82, 2.24) is 10.2 Å². The Hall–Kier alpha value is -3.99. The third-order valence-electron chi connectivity index (χ3n) is 6.27. The van der Waals surface area contributed by atoms with Crippen LogP contribution in [0.4, 0.5) is 14.5 Å². The van der Waals surface area contributed by atoms with Crippen LogP contribution in [0.1, 0.15) is 46.6 Å². The number of rotatable bonds is 12. The average molecular weight is 602 g/mol. The van der Waals surface area contributed by atoms with Crippen molar-refractivity contribution >= 4 is 27.5 Å². The number of ether oxygens (including phenoxy) is 1. The second-order valence-electron chi connectivity index (χ2n) is 10.7. The van der Waals surface area contributed by atoms with E-state index in [9.17, 15) is 26.8 Å². The van der Waals surface area contributed by atoms with Crippen molar-refractivity contribution in [3.8, 4) is 5.75 Å². The van der Waals surface area contributed by atoms with Crippen LogP contribution in [-0.2, 0) is 26.2 Å². The lowest BCUT2D eigenvalue weighted by Crippen LogP contribution is -2.55. The van der Waals surface area contributed by atoms with Crippen molar-refractivity contribution in [3.05, 3.63) is 90.0 Å². The molecule has 0 saturated carbocycles. The molecule has 226 valence electrons. The summed E-state index contributed by atoms with van der Waals surface area (Å²) in [6.45, 7) is 8.61. The maximum absolute atomic E-state index is 14.0. The first-order chi connectivity index (χ1) is 19.7. The highest BCUT2D eigenvalue weighted by Crippen LogP contribution is 2.26. The van der Waals surface area contributed by atoms with Gasteiger partial charge < -0.3 is 15.0 Å². The normalized spacial score (nSPS) is 12.4. The zero-order valence-electron chi connectivity index (χ0n) is 24.4. The molecule has 0 fully saturated rings. The van der Waals surface area contributed by atoms with E-state index in [1.807, 2.05) is 20.8 Å². The van der Waals surface area contributed by atoms with E-state index in [0.29, 0.717) is 17.9 Å². The highest BCUT2D eigenvalue weighted by atomic mass is 32.2. The maximum atomic E-state index is 14.0. The first-order valence-corrected chi connectivity index (χ1v) is 15.1. The SMILES string of the molecule is CCOc1ccc(S(=O)(=O)N(CC(=O)N(Cc2ccc(F)cc2)C(CC)C(=O)NC(C)(C)C)c2ccc(F)cc2)cc1. The molecular weight excluding hydrogens is 564 g/mol. The minimum Gasteiger partial charge on any atom is -0.494 e. The van der Waals surface area contributed by atoms with Crippen molar-refractivity contribution in [2.24, 2.45) is 0 Å². The second kappa shape index (κ2) is 13.8. The van der Waals surface area contributed by atoms with Gasteiger partial charge in [0, 0.05) is 12.1 Å². The molecule has 3 aromatic carbocycles. The van der Waals surface area contributed by atoms with E-state index < -0.39 is 51.6 Å². The maximum Gasteiger partial charge on any atom is 0.264 e. The summed E-state index contributed by atoms with van der Waals surface area (Å²) in [5, 5.41) is 2.89. The summed E-state index contributed by atoms with van der Waals surface area (Å²) in [4.78, 5) is 28.5. The molecule has 0 aliphatic rings. The van der Waals surface area contributed by atoms with Crippen molar-refractivity contribution in [2.75, 3.05) is 17.5 Å². The molecule has 0 radical (unpaired) electrons. The Bertz CT molecular complexity index is 1460. The molecule has 0 aromatic heterocycles. The molecule has 0 aliphatic carbocycles. The van der Waals surface area contributed by atoms with Gasteiger partial charge in [-0.2, -0.15) is 0 Å². The smallest absolute Gasteiger partial charge is 0.264 e. The molecule has 8 nitrogen and oxygen atoms in total. The molecule has 3 rings (SSSR count). The third-order valence-corrected chi connectivity index (χ3v) is 8.05. The first-order valence-electron chi connectivity index (χ1n) is 13.6. The van der Waals surface area contributed by atoms with Gasteiger partial charge in [0.15, 0.2) is 0 Å². The average Bonchev–Trinajstić information content (AvgIpc) is 2.92. The van der Waals surface area contributed by atoms with Gasteiger partial charge in [-0.15, -0.1) is 0 Å². The fourth-order valence-corrected chi connectivity index (χ4v) is 5.71. The highest BCUT2D eigenvalue weighted by Gasteiger charge is 2.34. The van der Waals surface area contributed by atoms with Crippen LogP contribution in [-0.4, -0.2) is 49.9 Å². The molecule has 11 heteroatoms. The number of anilines is 1. The predicted molar refractivity (Wildman–Crippen MR) is 157 cm³/mol. The Morgan fingerprint density at radius 3 is 1.93 bits per heavy atom. The largest absolute Gasteiger partial charge is 0.494 e. The summed E-state index contributed by atoms with van der Waals surface area (Å²) in [5.74, 6) is -1.65. The Morgan fingerprint density at radius 2 is 1.43 bits per heavy atom. The van der Waals surface area contributed by atoms with Crippen LogP contribution < -0.4 is 14.4 Å². The zero-order chi connectivity index (χ0) is 31.1. The molecule has 42 heavy (non-hydrogen) atoms. The van der Waals surface area contributed by atoms with Crippen molar-refractivity contribution in [1.29, 1.82) is 0 Å². The molecular formula is C31H37F2N3O5S. The molecule has 1 N–H and O–H groups in total. The molecule has 0 bridgehead atoms. The number of nitrogens with one attached hydrogen (secondary N) is 1. The van der Waals surface area contributed by atoms with Crippen LogP contribution in [0.2, 0.25) is 0 Å². The number of carbonyl (C=O) groups is 2. The number of carbonyl (C=O) groups excluding carboxylic acids is 2. The zero-order valence-corrected chi connectivity index (χ0v) is 25.3. The third kappa shape index (κ3) is 8.51. The molecule has 0 saturated heterocycles. The standard InChI is InChI=1S/C31H37F2N3O5S/c1-6-28(30(38)34-31(3,4)5)35(20-22-8-10-23(32)11-9-22)29(37)21-36(25-14-12-24(33)13-15-25)42(39,40)27-18-16-26(17-19-27)41-7-2/h8-19,28H,6-7,20-21H2,1-5H3,(H,34,38). The minimum atomic E-state index is -4.33. The minimum absolute atomic E-state index is 0.0626. The van der Waals surface area contributed by atoms with Gasteiger partial charge >= 0.3 is 0 Å². The highest BCUT2D eigenvalue weighted by molar-refractivity contribution is 7.92. The van der Waals surface area contributed by atoms with E-state index in [1.165, 1.54) is 65.6 Å². The van der Waals surface area contributed by atoms with E-state index in [4.69, 9.17) is 4.74 Å². The van der Waals surface area contributed by atoms with E-state index in [1.54, 1.807) is 13.8 Å². The number of nitrogens with zero attached hydrogens (tertiary/aromatic N) is 2.